The van der Waals surface area contributed by atoms with Crippen LogP contribution in [0.15, 0.2) is 47.1 Å². The Morgan fingerprint density at radius 3 is 2.57 bits per heavy atom. The van der Waals surface area contributed by atoms with Gasteiger partial charge in [0.15, 0.2) is 5.82 Å². The first-order chi connectivity index (χ1) is 14.8. The number of nitrogens with zero attached hydrogens (tertiary/aromatic N) is 6. The van der Waals surface area contributed by atoms with Gasteiger partial charge in [-0.2, -0.15) is 0 Å². The SMILES string of the molecule is Fc1ccccc1[C@@H](c1nnnn1Cc1ccco1)N1CCN(C2CCCC2)CC1. The molecule has 7 nitrogen and oxygen atoms in total. The molecule has 8 heteroatoms. The van der Waals surface area contributed by atoms with Crippen molar-refractivity contribution in [3.63, 3.8) is 0 Å². The molecule has 1 aromatic carbocycles. The van der Waals surface area contributed by atoms with E-state index in [9.17, 15) is 4.39 Å². The van der Waals surface area contributed by atoms with Crippen LogP contribution in [0.2, 0.25) is 0 Å². The van der Waals surface area contributed by atoms with Crippen molar-refractivity contribution in [2.24, 2.45) is 0 Å². The molecule has 5 rings (SSSR count). The predicted octanol–water partition coefficient (Wildman–Crippen LogP) is 3.10. The maximum absolute atomic E-state index is 14.9. The lowest BCUT2D eigenvalue weighted by molar-refractivity contribution is 0.0761. The molecule has 2 aliphatic rings. The monoisotopic (exact) mass is 410 g/mol. The van der Waals surface area contributed by atoms with Crippen LogP contribution in [0.3, 0.4) is 0 Å². The van der Waals surface area contributed by atoms with Crippen molar-refractivity contribution < 1.29 is 8.81 Å². The molecule has 3 heterocycles. The molecule has 1 aliphatic carbocycles. The molecule has 1 saturated heterocycles. The summed E-state index contributed by atoms with van der Waals surface area (Å²) in [4.78, 5) is 4.92. The molecular formula is C22H27FN6O. The summed E-state index contributed by atoms with van der Waals surface area (Å²) in [6.07, 6.45) is 6.92. The summed E-state index contributed by atoms with van der Waals surface area (Å²) in [5.41, 5.74) is 0.613. The van der Waals surface area contributed by atoms with E-state index in [-0.39, 0.29) is 11.9 Å². The Bertz CT molecular complexity index is 944. The van der Waals surface area contributed by atoms with Crippen LogP contribution in [0.25, 0.3) is 0 Å². The van der Waals surface area contributed by atoms with E-state index in [1.54, 1.807) is 17.0 Å². The topological polar surface area (TPSA) is 63.2 Å². The first kappa shape index (κ1) is 19.4. The van der Waals surface area contributed by atoms with Gasteiger partial charge in [0, 0.05) is 37.8 Å². The molecule has 3 aromatic rings. The summed E-state index contributed by atoms with van der Waals surface area (Å²) in [7, 11) is 0. The van der Waals surface area contributed by atoms with Crippen LogP contribution in [0, 0.1) is 5.82 Å². The van der Waals surface area contributed by atoms with E-state index in [0.29, 0.717) is 24.0 Å². The highest BCUT2D eigenvalue weighted by Gasteiger charge is 2.34. The van der Waals surface area contributed by atoms with Crippen molar-refractivity contribution >= 4 is 0 Å². The van der Waals surface area contributed by atoms with Crippen molar-refractivity contribution in [3.05, 3.63) is 65.6 Å². The minimum atomic E-state index is -0.332. The van der Waals surface area contributed by atoms with E-state index in [1.807, 2.05) is 24.3 Å². The molecule has 0 amide bonds. The summed E-state index contributed by atoms with van der Waals surface area (Å²) in [6.45, 7) is 4.14. The predicted molar refractivity (Wildman–Crippen MR) is 109 cm³/mol. The Kier molecular flexibility index (Phi) is 5.59. The van der Waals surface area contributed by atoms with E-state index < -0.39 is 0 Å². The summed E-state index contributed by atoms with van der Waals surface area (Å²) >= 11 is 0. The molecule has 0 radical (unpaired) electrons. The third kappa shape index (κ3) is 3.89. The van der Waals surface area contributed by atoms with Crippen LogP contribution in [-0.2, 0) is 6.54 Å². The van der Waals surface area contributed by atoms with Crippen molar-refractivity contribution in [2.45, 2.75) is 44.3 Å². The molecule has 0 unspecified atom stereocenters. The molecule has 0 N–H and O–H groups in total. The van der Waals surface area contributed by atoms with Crippen molar-refractivity contribution in [1.82, 2.24) is 30.0 Å². The van der Waals surface area contributed by atoms with Crippen LogP contribution < -0.4 is 0 Å². The van der Waals surface area contributed by atoms with E-state index in [4.69, 9.17) is 4.42 Å². The Balaban J connectivity index is 1.43. The number of piperazine rings is 1. The van der Waals surface area contributed by atoms with Gasteiger partial charge < -0.3 is 4.42 Å². The average Bonchev–Trinajstić information content (AvgIpc) is 3.54. The Hall–Kier alpha value is -2.58. The number of halogens is 1. The number of aromatic nitrogens is 4. The zero-order valence-corrected chi connectivity index (χ0v) is 17.0. The van der Waals surface area contributed by atoms with Gasteiger partial charge in [0.2, 0.25) is 0 Å². The molecule has 0 spiro atoms. The fraction of sp³-hybridized carbons (Fsp3) is 0.500. The summed E-state index contributed by atoms with van der Waals surface area (Å²) in [5, 5.41) is 12.4. The second kappa shape index (κ2) is 8.65. The molecule has 30 heavy (non-hydrogen) atoms. The second-order valence-electron chi connectivity index (χ2n) is 8.21. The normalized spacial score (nSPS) is 20.0. The molecule has 1 aliphatic heterocycles. The summed E-state index contributed by atoms with van der Waals surface area (Å²) in [6, 6.07) is 11.1. The van der Waals surface area contributed by atoms with Gasteiger partial charge in [-0.15, -0.1) is 5.10 Å². The van der Waals surface area contributed by atoms with Gasteiger partial charge in [0.25, 0.3) is 0 Å². The minimum Gasteiger partial charge on any atom is -0.467 e. The second-order valence-corrected chi connectivity index (χ2v) is 8.21. The lowest BCUT2D eigenvalue weighted by Crippen LogP contribution is -2.51. The Morgan fingerprint density at radius 2 is 1.83 bits per heavy atom. The molecule has 2 aromatic heterocycles. The van der Waals surface area contributed by atoms with E-state index >= 15 is 0 Å². The van der Waals surface area contributed by atoms with Crippen LogP contribution in [0.5, 0.6) is 0 Å². The molecule has 1 saturated carbocycles. The molecule has 0 bridgehead atoms. The van der Waals surface area contributed by atoms with Crippen molar-refractivity contribution in [1.29, 1.82) is 0 Å². The first-order valence-electron chi connectivity index (χ1n) is 10.8. The van der Waals surface area contributed by atoms with Gasteiger partial charge in [-0.25, -0.2) is 9.07 Å². The molecule has 1 atom stereocenters. The fourth-order valence-electron chi connectivity index (χ4n) is 4.90. The molecular weight excluding hydrogens is 383 g/mol. The molecule has 2 fully saturated rings. The number of rotatable bonds is 6. The highest BCUT2D eigenvalue weighted by atomic mass is 19.1. The maximum Gasteiger partial charge on any atom is 0.173 e. The maximum atomic E-state index is 14.9. The van der Waals surface area contributed by atoms with Crippen LogP contribution in [0.1, 0.15) is 48.9 Å². The Morgan fingerprint density at radius 1 is 1.03 bits per heavy atom. The average molecular weight is 410 g/mol. The number of benzene rings is 1. The number of tetrazole rings is 1. The summed E-state index contributed by atoms with van der Waals surface area (Å²) in [5.74, 6) is 1.18. The van der Waals surface area contributed by atoms with E-state index in [2.05, 4.69) is 25.3 Å². The van der Waals surface area contributed by atoms with Gasteiger partial charge in [-0.1, -0.05) is 31.0 Å². The van der Waals surface area contributed by atoms with Crippen LogP contribution in [-0.4, -0.2) is 62.2 Å². The summed E-state index contributed by atoms with van der Waals surface area (Å²) < 4.78 is 22.1. The van der Waals surface area contributed by atoms with Crippen molar-refractivity contribution in [2.75, 3.05) is 26.2 Å². The van der Waals surface area contributed by atoms with Gasteiger partial charge in [-0.3, -0.25) is 9.80 Å². The molecule has 158 valence electrons. The number of furan rings is 1. The van der Waals surface area contributed by atoms with Crippen molar-refractivity contribution in [3.8, 4) is 0 Å². The first-order valence-corrected chi connectivity index (χ1v) is 10.8. The van der Waals surface area contributed by atoms with Gasteiger partial charge in [0.05, 0.1) is 6.26 Å². The van der Waals surface area contributed by atoms with Gasteiger partial charge in [0.1, 0.15) is 24.2 Å². The lowest BCUT2D eigenvalue weighted by Gasteiger charge is -2.41. The van der Waals surface area contributed by atoms with Crippen LogP contribution in [0.4, 0.5) is 4.39 Å². The highest BCUT2D eigenvalue weighted by molar-refractivity contribution is 5.27. The lowest BCUT2D eigenvalue weighted by atomic mass is 10.0. The van der Waals surface area contributed by atoms with Gasteiger partial charge >= 0.3 is 0 Å². The van der Waals surface area contributed by atoms with Crippen LogP contribution >= 0.6 is 0 Å². The fourth-order valence-corrected chi connectivity index (χ4v) is 4.90. The van der Waals surface area contributed by atoms with E-state index in [1.165, 1.54) is 31.7 Å². The smallest absolute Gasteiger partial charge is 0.173 e. The largest absolute Gasteiger partial charge is 0.467 e. The minimum absolute atomic E-state index is 0.228. The third-order valence-corrected chi connectivity index (χ3v) is 6.44. The zero-order chi connectivity index (χ0) is 20.3. The number of hydrogen-bond donors (Lipinski definition) is 0. The third-order valence-electron chi connectivity index (χ3n) is 6.44. The zero-order valence-electron chi connectivity index (χ0n) is 17.0. The van der Waals surface area contributed by atoms with E-state index in [0.717, 1.165) is 31.9 Å². The Labute approximate surface area is 175 Å². The number of hydrogen-bond acceptors (Lipinski definition) is 6. The standard InChI is InChI=1S/C22H27FN6O/c23-20-10-4-3-9-19(20)21(22-24-25-26-29(22)16-18-8-5-15-30-18)28-13-11-27(12-14-28)17-6-1-2-7-17/h3-5,8-10,15,17,21H,1-2,6-7,11-14,16H2/t21-/m0/s1. The quantitative estimate of drug-likeness (QED) is 0.622. The van der Waals surface area contributed by atoms with Gasteiger partial charge in [-0.05, 0) is 41.5 Å². The highest BCUT2D eigenvalue weighted by Crippen LogP contribution is 2.32.